The molecule has 0 aromatic heterocycles. The van der Waals surface area contributed by atoms with Crippen LogP contribution in [0.2, 0.25) is 0 Å². The van der Waals surface area contributed by atoms with E-state index in [0.717, 1.165) is 18.4 Å². The third kappa shape index (κ3) is 4.59. The summed E-state index contributed by atoms with van der Waals surface area (Å²) in [5, 5.41) is 0. The third-order valence-electron chi connectivity index (χ3n) is 1.99. The Balaban J connectivity index is 2.98. The maximum absolute atomic E-state index is 13.4. The molecule has 0 aliphatic rings. The Labute approximate surface area is 113 Å². The monoisotopic (exact) mass is 334 g/mol. The van der Waals surface area contributed by atoms with E-state index in [9.17, 15) is 25.6 Å². The molecule has 0 saturated carbocycles. The summed E-state index contributed by atoms with van der Waals surface area (Å²) >= 11 is 0. The fraction of sp³-hybridized carbons (Fsp3) is 0.333. The van der Waals surface area contributed by atoms with Crippen molar-refractivity contribution < 1.29 is 30.4 Å². The van der Waals surface area contributed by atoms with E-state index in [4.69, 9.17) is 15.4 Å². The van der Waals surface area contributed by atoms with Crippen LogP contribution in [-0.4, -0.2) is 35.5 Å². The summed E-state index contributed by atoms with van der Waals surface area (Å²) in [6.45, 7) is -0.387. The van der Waals surface area contributed by atoms with Crippen LogP contribution in [0.1, 0.15) is 0 Å². The lowest BCUT2D eigenvalue weighted by Crippen LogP contribution is -2.13. The van der Waals surface area contributed by atoms with E-state index in [0.29, 0.717) is 0 Å². The predicted octanol–water partition coefficient (Wildman–Crippen LogP) is 1.32. The highest BCUT2D eigenvalue weighted by Crippen LogP contribution is 2.27. The van der Waals surface area contributed by atoms with Crippen molar-refractivity contribution in [1.82, 2.24) is 0 Å². The minimum atomic E-state index is -4.41. The topological polar surface area (TPSA) is 77.5 Å². The van der Waals surface area contributed by atoms with Gasteiger partial charge in [0.15, 0.2) is 21.4 Å². The first-order valence-electron chi connectivity index (χ1n) is 4.75. The van der Waals surface area contributed by atoms with Gasteiger partial charge >= 0.3 is 0 Å². The maximum atomic E-state index is 13.4. The number of benzene rings is 1. The van der Waals surface area contributed by atoms with E-state index in [1.54, 1.807) is 0 Å². The molecule has 0 heterocycles. The molecule has 0 amide bonds. The number of rotatable bonds is 5. The van der Waals surface area contributed by atoms with E-state index in [1.165, 1.54) is 0 Å². The van der Waals surface area contributed by atoms with Gasteiger partial charge in [-0.25, -0.2) is 21.2 Å². The molecule has 0 N–H and O–H groups in total. The van der Waals surface area contributed by atoms with E-state index in [2.05, 4.69) is 0 Å². The first kappa shape index (κ1) is 16.1. The average Bonchev–Trinajstić information content (AvgIpc) is 2.20. The second-order valence-electron chi connectivity index (χ2n) is 3.61. The largest absolute Gasteiger partial charge is 0.489 e. The van der Waals surface area contributed by atoms with Gasteiger partial charge in [-0.05, 0) is 12.1 Å². The van der Waals surface area contributed by atoms with Gasteiger partial charge in [-0.1, -0.05) is 0 Å². The quantitative estimate of drug-likeness (QED) is 0.759. The Morgan fingerprint density at radius 2 is 1.74 bits per heavy atom. The van der Waals surface area contributed by atoms with Crippen molar-refractivity contribution in [3.05, 3.63) is 23.8 Å². The van der Waals surface area contributed by atoms with Crippen molar-refractivity contribution in [2.75, 3.05) is 18.6 Å². The highest BCUT2D eigenvalue weighted by molar-refractivity contribution is 8.13. The molecule has 0 fully saturated rings. The van der Waals surface area contributed by atoms with Crippen molar-refractivity contribution in [2.45, 2.75) is 4.90 Å². The zero-order chi connectivity index (χ0) is 14.8. The number of sulfone groups is 1. The lowest BCUT2D eigenvalue weighted by Gasteiger charge is -2.08. The Morgan fingerprint density at radius 3 is 2.21 bits per heavy atom. The van der Waals surface area contributed by atoms with Crippen LogP contribution >= 0.6 is 10.7 Å². The van der Waals surface area contributed by atoms with Crippen LogP contribution in [0.5, 0.6) is 5.75 Å². The average molecular weight is 335 g/mol. The van der Waals surface area contributed by atoms with Crippen LogP contribution in [0.4, 0.5) is 8.78 Å². The minimum Gasteiger partial charge on any atom is -0.489 e. The maximum Gasteiger partial charge on any atom is 0.264 e. The van der Waals surface area contributed by atoms with Gasteiger partial charge in [-0.3, -0.25) is 0 Å². The molecule has 0 spiro atoms. The molecule has 5 nitrogen and oxygen atoms in total. The zero-order valence-corrected chi connectivity index (χ0v) is 11.9. The molecule has 0 aliphatic carbocycles. The summed E-state index contributed by atoms with van der Waals surface area (Å²) in [5.41, 5.74) is 0. The highest BCUT2D eigenvalue weighted by Gasteiger charge is 2.22. The van der Waals surface area contributed by atoms with E-state index >= 15 is 0 Å². The molecule has 19 heavy (non-hydrogen) atoms. The Kier molecular flexibility index (Phi) is 4.75. The van der Waals surface area contributed by atoms with Gasteiger partial charge < -0.3 is 4.74 Å². The summed E-state index contributed by atoms with van der Waals surface area (Å²) < 4.78 is 75.0. The summed E-state index contributed by atoms with van der Waals surface area (Å²) in [6, 6.07) is 1.59. The van der Waals surface area contributed by atoms with E-state index in [1.807, 2.05) is 0 Å². The predicted molar refractivity (Wildman–Crippen MR) is 64.6 cm³/mol. The summed E-state index contributed by atoms with van der Waals surface area (Å²) in [7, 11) is -2.82. The second kappa shape index (κ2) is 5.59. The van der Waals surface area contributed by atoms with Gasteiger partial charge in [0.2, 0.25) is 5.82 Å². The first-order chi connectivity index (χ1) is 8.52. The summed E-state index contributed by atoms with van der Waals surface area (Å²) in [6.07, 6.45) is 0.955. The van der Waals surface area contributed by atoms with E-state index < -0.39 is 41.2 Å². The second-order valence-corrected chi connectivity index (χ2v) is 8.40. The Hall–Kier alpha value is -0.930. The molecule has 1 aromatic rings. The lowest BCUT2D eigenvalue weighted by molar-refractivity contribution is 0.313. The Morgan fingerprint density at radius 1 is 1.16 bits per heavy atom. The molecule has 10 heteroatoms. The molecule has 1 rings (SSSR count). The van der Waals surface area contributed by atoms with Gasteiger partial charge in [0.05, 0.1) is 5.75 Å². The molecule has 1 aromatic carbocycles. The normalized spacial score (nSPS) is 12.4. The zero-order valence-electron chi connectivity index (χ0n) is 9.56. The van der Waals surface area contributed by atoms with Crippen LogP contribution in [0.15, 0.2) is 17.0 Å². The highest BCUT2D eigenvalue weighted by atomic mass is 35.7. The van der Waals surface area contributed by atoms with Crippen molar-refractivity contribution in [3.63, 3.8) is 0 Å². The Bertz CT molecular complexity index is 685. The summed E-state index contributed by atoms with van der Waals surface area (Å²) in [5.74, 6) is -4.20. The number of hydrogen-bond donors (Lipinski definition) is 0. The fourth-order valence-electron chi connectivity index (χ4n) is 1.12. The molecule has 108 valence electrons. The van der Waals surface area contributed by atoms with Crippen LogP contribution in [0, 0.1) is 11.6 Å². The fourth-order valence-corrected chi connectivity index (χ4v) is 2.39. The minimum absolute atomic E-state index is 0.385. The smallest absolute Gasteiger partial charge is 0.264 e. The van der Waals surface area contributed by atoms with Crippen molar-refractivity contribution in [2.24, 2.45) is 0 Å². The molecule has 0 radical (unpaired) electrons. The SMILES string of the molecule is CS(=O)(=O)CCOc1ccc(S(=O)(=O)Cl)c(F)c1F. The molecule has 0 unspecified atom stereocenters. The van der Waals surface area contributed by atoms with Crippen molar-refractivity contribution in [1.29, 1.82) is 0 Å². The van der Waals surface area contributed by atoms with Gasteiger partial charge in [0.1, 0.15) is 11.5 Å². The van der Waals surface area contributed by atoms with Crippen LogP contribution < -0.4 is 4.74 Å². The van der Waals surface area contributed by atoms with Crippen LogP contribution in [0.25, 0.3) is 0 Å². The molecule has 0 atom stereocenters. The third-order valence-corrected chi connectivity index (χ3v) is 4.23. The van der Waals surface area contributed by atoms with Crippen LogP contribution in [0.3, 0.4) is 0 Å². The standard InChI is InChI=1S/C9H9ClF2O5S2/c1-18(13,14)5-4-17-6-2-3-7(19(10,15)16)9(12)8(6)11/h2-3H,4-5H2,1H3. The first-order valence-corrected chi connectivity index (χ1v) is 9.12. The number of ether oxygens (including phenoxy) is 1. The van der Waals surface area contributed by atoms with Gasteiger partial charge in [0.25, 0.3) is 9.05 Å². The molecule has 0 bridgehead atoms. The lowest BCUT2D eigenvalue weighted by atomic mass is 10.3. The van der Waals surface area contributed by atoms with Gasteiger partial charge in [-0.15, -0.1) is 0 Å². The summed E-state index contributed by atoms with van der Waals surface area (Å²) in [4.78, 5) is -1.01. The van der Waals surface area contributed by atoms with Gasteiger partial charge in [-0.2, -0.15) is 4.39 Å². The molecule has 0 aliphatic heterocycles. The van der Waals surface area contributed by atoms with E-state index in [-0.39, 0.29) is 12.4 Å². The van der Waals surface area contributed by atoms with Gasteiger partial charge in [0, 0.05) is 16.9 Å². The van der Waals surface area contributed by atoms with Crippen molar-refractivity contribution >= 4 is 29.6 Å². The molecule has 0 saturated heterocycles. The number of halogens is 3. The van der Waals surface area contributed by atoms with Crippen molar-refractivity contribution in [3.8, 4) is 5.75 Å². The van der Waals surface area contributed by atoms with Crippen LogP contribution in [-0.2, 0) is 18.9 Å². The molecular formula is C9H9ClF2O5S2. The number of hydrogen-bond acceptors (Lipinski definition) is 5. The molecular weight excluding hydrogens is 326 g/mol.